The fraction of sp³-hybridized carbons (Fsp3) is 0.667. The van der Waals surface area contributed by atoms with E-state index >= 15 is 0 Å². The Morgan fingerprint density at radius 3 is 2.89 bits per heavy atom. The van der Waals surface area contributed by atoms with E-state index in [2.05, 4.69) is 34.7 Å². The molecule has 2 heterocycles. The molecule has 0 saturated carbocycles. The second kappa shape index (κ2) is 6.98. The molecule has 1 saturated heterocycles. The Balaban J connectivity index is 1.94. The molecule has 106 valence electrons. The summed E-state index contributed by atoms with van der Waals surface area (Å²) in [5.74, 6) is 0. The van der Waals surface area contributed by atoms with E-state index in [4.69, 9.17) is 5.73 Å². The van der Waals surface area contributed by atoms with Crippen LogP contribution in [0.4, 0.5) is 0 Å². The molecule has 0 spiro atoms. The Morgan fingerprint density at radius 1 is 1.42 bits per heavy atom. The predicted molar refractivity (Wildman–Crippen MR) is 78.7 cm³/mol. The lowest BCUT2D eigenvalue weighted by molar-refractivity contribution is 0.209. The maximum atomic E-state index is 5.75. The number of likely N-dealkylation sites (tertiary alicyclic amines) is 1. The molecule has 1 fully saturated rings. The minimum atomic E-state index is 0.531. The molecule has 1 aliphatic rings. The Hall–Kier alpha value is -0.970. The first-order valence-electron chi connectivity index (χ1n) is 7.37. The smallest absolute Gasteiger partial charge is 0.0584 e. The molecular weight excluding hydrogens is 236 g/mol. The Labute approximate surface area is 116 Å². The molecule has 0 aliphatic carbocycles. The molecule has 0 bridgehead atoms. The van der Waals surface area contributed by atoms with Gasteiger partial charge in [-0.1, -0.05) is 19.9 Å². The molecule has 1 aromatic rings. The summed E-state index contributed by atoms with van der Waals surface area (Å²) in [7, 11) is 0. The Bertz CT molecular complexity index is 389. The Morgan fingerprint density at radius 2 is 2.21 bits per heavy atom. The first-order chi connectivity index (χ1) is 9.28. The van der Waals surface area contributed by atoms with E-state index in [9.17, 15) is 0 Å². The van der Waals surface area contributed by atoms with Crippen LogP contribution in [0.2, 0.25) is 0 Å². The normalized spacial score (nSPS) is 20.3. The minimum Gasteiger partial charge on any atom is -0.325 e. The molecule has 0 aromatic carbocycles. The van der Waals surface area contributed by atoms with Gasteiger partial charge in [-0.2, -0.15) is 0 Å². The molecule has 2 rings (SSSR count). The molecule has 19 heavy (non-hydrogen) atoms. The highest BCUT2D eigenvalue weighted by atomic mass is 15.2. The molecule has 2 N–H and O–H groups in total. The van der Waals surface area contributed by atoms with Gasteiger partial charge in [-0.25, -0.2) is 0 Å². The summed E-state index contributed by atoms with van der Waals surface area (Å²) in [6.07, 6.45) is 3.11. The summed E-state index contributed by atoms with van der Waals surface area (Å²) in [5.41, 5.74) is 8.07. The number of likely N-dealkylation sites (N-methyl/N-ethyl adjacent to an activating group) is 1. The topological polar surface area (TPSA) is 45.4 Å². The van der Waals surface area contributed by atoms with Crippen molar-refractivity contribution >= 4 is 0 Å². The van der Waals surface area contributed by atoms with Crippen molar-refractivity contribution in [3.8, 4) is 0 Å². The lowest BCUT2D eigenvalue weighted by Gasteiger charge is -2.26. The number of hydrogen-bond donors (Lipinski definition) is 1. The van der Waals surface area contributed by atoms with Gasteiger partial charge in [-0.3, -0.25) is 14.8 Å². The van der Waals surface area contributed by atoms with Crippen molar-refractivity contribution in [1.29, 1.82) is 0 Å². The van der Waals surface area contributed by atoms with Gasteiger partial charge in [0.25, 0.3) is 0 Å². The zero-order valence-electron chi connectivity index (χ0n) is 12.2. The van der Waals surface area contributed by atoms with E-state index in [1.54, 1.807) is 0 Å². The number of aromatic nitrogens is 1. The van der Waals surface area contributed by atoms with Crippen LogP contribution >= 0.6 is 0 Å². The average molecular weight is 262 g/mol. The van der Waals surface area contributed by atoms with Crippen LogP contribution in [0.15, 0.2) is 18.3 Å². The maximum absolute atomic E-state index is 5.75. The fourth-order valence-corrected chi connectivity index (χ4v) is 3.03. The minimum absolute atomic E-state index is 0.531. The van der Waals surface area contributed by atoms with Crippen molar-refractivity contribution in [3.05, 3.63) is 29.6 Å². The van der Waals surface area contributed by atoms with E-state index in [0.29, 0.717) is 12.6 Å². The molecular formula is C15H26N4. The van der Waals surface area contributed by atoms with Gasteiger partial charge in [0.15, 0.2) is 0 Å². The standard InChI is InChI=1S/C15H26N4/c1-3-19(4-2)14-7-9-18(12-14)11-13-6-5-8-17-15(13)10-16/h5-6,8,14H,3-4,7,9-12,16H2,1-2H3. The summed E-state index contributed by atoms with van der Waals surface area (Å²) in [6, 6.07) is 4.87. The van der Waals surface area contributed by atoms with Gasteiger partial charge in [-0.05, 0) is 31.1 Å². The summed E-state index contributed by atoms with van der Waals surface area (Å²) in [5, 5.41) is 0. The molecule has 4 nitrogen and oxygen atoms in total. The highest BCUT2D eigenvalue weighted by Gasteiger charge is 2.26. The highest BCUT2D eigenvalue weighted by molar-refractivity contribution is 5.19. The van der Waals surface area contributed by atoms with Gasteiger partial charge in [-0.15, -0.1) is 0 Å². The summed E-state index contributed by atoms with van der Waals surface area (Å²) >= 11 is 0. The van der Waals surface area contributed by atoms with Gasteiger partial charge in [0.2, 0.25) is 0 Å². The van der Waals surface area contributed by atoms with E-state index in [1.165, 1.54) is 25.1 Å². The molecule has 1 aromatic heterocycles. The molecule has 4 heteroatoms. The van der Waals surface area contributed by atoms with Crippen LogP contribution in [0.5, 0.6) is 0 Å². The largest absolute Gasteiger partial charge is 0.325 e. The van der Waals surface area contributed by atoms with E-state index in [-0.39, 0.29) is 0 Å². The van der Waals surface area contributed by atoms with Gasteiger partial charge in [0.05, 0.1) is 5.69 Å². The van der Waals surface area contributed by atoms with Crippen LogP contribution < -0.4 is 5.73 Å². The van der Waals surface area contributed by atoms with E-state index in [0.717, 1.165) is 25.3 Å². The molecule has 1 unspecified atom stereocenters. The molecule has 1 atom stereocenters. The number of nitrogens with zero attached hydrogens (tertiary/aromatic N) is 3. The van der Waals surface area contributed by atoms with Crippen LogP contribution in [-0.2, 0) is 13.1 Å². The van der Waals surface area contributed by atoms with Crippen LogP contribution in [0.3, 0.4) is 0 Å². The van der Waals surface area contributed by atoms with Crippen molar-refractivity contribution in [2.75, 3.05) is 26.2 Å². The fourth-order valence-electron chi connectivity index (χ4n) is 3.03. The van der Waals surface area contributed by atoms with Crippen molar-refractivity contribution in [3.63, 3.8) is 0 Å². The van der Waals surface area contributed by atoms with Crippen LogP contribution in [-0.4, -0.2) is 47.0 Å². The van der Waals surface area contributed by atoms with E-state index < -0.39 is 0 Å². The summed E-state index contributed by atoms with van der Waals surface area (Å²) in [4.78, 5) is 9.45. The third-order valence-electron chi connectivity index (χ3n) is 4.15. The number of rotatable bonds is 6. The van der Waals surface area contributed by atoms with Crippen molar-refractivity contribution in [2.24, 2.45) is 5.73 Å². The highest BCUT2D eigenvalue weighted by Crippen LogP contribution is 2.18. The molecule has 0 radical (unpaired) electrons. The van der Waals surface area contributed by atoms with Crippen LogP contribution in [0, 0.1) is 0 Å². The lowest BCUT2D eigenvalue weighted by Crippen LogP contribution is -2.37. The lowest BCUT2D eigenvalue weighted by atomic mass is 10.2. The van der Waals surface area contributed by atoms with Crippen molar-refractivity contribution in [1.82, 2.24) is 14.8 Å². The monoisotopic (exact) mass is 262 g/mol. The molecule has 1 aliphatic heterocycles. The van der Waals surface area contributed by atoms with Gasteiger partial charge in [0.1, 0.15) is 0 Å². The van der Waals surface area contributed by atoms with E-state index in [1.807, 2.05) is 12.3 Å². The SMILES string of the molecule is CCN(CC)C1CCN(Cc2cccnc2CN)C1. The quantitative estimate of drug-likeness (QED) is 0.843. The van der Waals surface area contributed by atoms with Gasteiger partial charge < -0.3 is 5.73 Å². The van der Waals surface area contributed by atoms with Crippen LogP contribution in [0.25, 0.3) is 0 Å². The Kier molecular flexibility index (Phi) is 5.31. The zero-order chi connectivity index (χ0) is 13.7. The maximum Gasteiger partial charge on any atom is 0.0584 e. The number of hydrogen-bond acceptors (Lipinski definition) is 4. The first-order valence-corrected chi connectivity index (χ1v) is 7.37. The summed E-state index contributed by atoms with van der Waals surface area (Å²) in [6.45, 7) is 10.7. The number of pyridine rings is 1. The second-order valence-corrected chi connectivity index (χ2v) is 5.21. The third kappa shape index (κ3) is 3.53. The zero-order valence-corrected chi connectivity index (χ0v) is 12.2. The van der Waals surface area contributed by atoms with Crippen molar-refractivity contribution < 1.29 is 0 Å². The first kappa shape index (κ1) is 14.4. The third-order valence-corrected chi connectivity index (χ3v) is 4.15. The van der Waals surface area contributed by atoms with Crippen molar-refractivity contribution in [2.45, 2.75) is 39.4 Å². The van der Waals surface area contributed by atoms with Gasteiger partial charge >= 0.3 is 0 Å². The summed E-state index contributed by atoms with van der Waals surface area (Å²) < 4.78 is 0. The van der Waals surface area contributed by atoms with Gasteiger partial charge in [0, 0.05) is 38.4 Å². The average Bonchev–Trinajstić information content (AvgIpc) is 2.89. The number of nitrogens with two attached hydrogens (primary N) is 1. The molecule has 0 amide bonds. The van der Waals surface area contributed by atoms with Crippen LogP contribution in [0.1, 0.15) is 31.5 Å². The predicted octanol–water partition coefficient (Wildman–Crippen LogP) is 1.46. The second-order valence-electron chi connectivity index (χ2n) is 5.21.